The third kappa shape index (κ3) is 3.50. The molecule has 0 unspecified atom stereocenters. The molecule has 0 atom stereocenters. The van der Waals surface area contributed by atoms with Crippen LogP contribution in [-0.2, 0) is 19.3 Å². The maximum absolute atomic E-state index is 13.9. The summed E-state index contributed by atoms with van der Waals surface area (Å²) >= 11 is 0. The highest BCUT2D eigenvalue weighted by Gasteiger charge is 2.64. The van der Waals surface area contributed by atoms with Gasteiger partial charge >= 0.3 is 0 Å². The lowest BCUT2D eigenvalue weighted by Gasteiger charge is -2.61. The van der Waals surface area contributed by atoms with Crippen molar-refractivity contribution in [2.24, 2.45) is 58.2 Å². The Morgan fingerprint density at radius 2 is 0.737 bits per heavy atom. The lowest BCUT2D eigenvalue weighted by atomic mass is 9.43. The molecule has 0 aromatic heterocycles. The van der Waals surface area contributed by atoms with Crippen molar-refractivity contribution in [1.29, 1.82) is 0 Å². The maximum Gasteiger partial charge on any atom is 0.249 e. The van der Waals surface area contributed by atoms with E-state index in [9.17, 15) is 9.59 Å². The van der Waals surface area contributed by atoms with Crippen LogP contribution < -0.4 is 11.0 Å². The largest absolute Gasteiger partial charge is 0.272 e. The van der Waals surface area contributed by atoms with Crippen LogP contribution in [-0.4, -0.2) is 23.0 Å². The fraction of sp³-hybridized carbons (Fsp3) is 0.938. The van der Waals surface area contributed by atoms with Gasteiger partial charge < -0.3 is 0 Å². The topological polar surface area (TPSA) is 76.7 Å². The van der Waals surface area contributed by atoms with Crippen LogP contribution in [0, 0.1) is 58.2 Å². The Morgan fingerprint density at radius 3 is 1.05 bits per heavy atom. The molecule has 6 nitrogen and oxygen atoms in total. The zero-order valence-corrected chi connectivity index (χ0v) is 23.0. The standard InChI is InChI=1S/C32H46N2O4/c35-27(33-37-31-12-19-1-20(13-31)3-21(2-19)14-31)29-8-25-7-26(9-29)11-30(10-25,18-29)28(36)34-38-32-15-22-4-23(16-32)6-24(5-22)17-32/h19-26H,1-18H2,(H,33,35)(H,34,36). The first kappa shape index (κ1) is 23.6. The first-order valence-electron chi connectivity index (χ1n) is 16.3. The molecule has 0 spiro atoms. The molecular formula is C32H46N2O4. The molecule has 0 radical (unpaired) electrons. The molecule has 6 heteroatoms. The summed E-state index contributed by atoms with van der Waals surface area (Å²) in [5.41, 5.74) is 4.97. The number of carbonyl (C=O) groups excluding carboxylic acids is 2. The van der Waals surface area contributed by atoms with Gasteiger partial charge in [0.05, 0.1) is 22.0 Å². The first-order chi connectivity index (χ1) is 18.3. The van der Waals surface area contributed by atoms with Crippen LogP contribution in [0.5, 0.6) is 0 Å². The second kappa shape index (κ2) is 7.78. The van der Waals surface area contributed by atoms with Crippen molar-refractivity contribution in [3.05, 3.63) is 0 Å². The lowest BCUT2D eigenvalue weighted by Crippen LogP contribution is -2.63. The quantitative estimate of drug-likeness (QED) is 0.445. The summed E-state index contributed by atoms with van der Waals surface area (Å²) < 4.78 is 0. The minimum Gasteiger partial charge on any atom is -0.272 e. The van der Waals surface area contributed by atoms with Crippen LogP contribution >= 0.6 is 0 Å². The molecule has 12 saturated carbocycles. The zero-order chi connectivity index (χ0) is 25.3. The van der Waals surface area contributed by atoms with Crippen molar-refractivity contribution in [3.8, 4) is 0 Å². The van der Waals surface area contributed by atoms with E-state index >= 15 is 0 Å². The van der Waals surface area contributed by atoms with Crippen molar-refractivity contribution < 1.29 is 19.3 Å². The molecule has 0 saturated heterocycles. The van der Waals surface area contributed by atoms with Gasteiger partial charge in [0.1, 0.15) is 0 Å². The highest BCUT2D eigenvalue weighted by molar-refractivity contribution is 5.87. The van der Waals surface area contributed by atoms with Gasteiger partial charge in [0, 0.05) is 0 Å². The summed E-state index contributed by atoms with van der Waals surface area (Å²) in [5.74, 6) is 5.81. The Balaban J connectivity index is 0.899. The second-order valence-corrected chi connectivity index (χ2v) is 16.8. The average Bonchev–Trinajstić information content (AvgIpc) is 2.83. The van der Waals surface area contributed by atoms with Crippen LogP contribution in [0.2, 0.25) is 0 Å². The Morgan fingerprint density at radius 1 is 0.447 bits per heavy atom. The van der Waals surface area contributed by atoms with Gasteiger partial charge in [0.15, 0.2) is 0 Å². The molecule has 2 N–H and O–H groups in total. The SMILES string of the molecule is O=C(NOC12CC3CC(CC(C3)C1)C2)C12CC3CC(C1)CC(C(=O)NOC14CC5CC(CC(C5)C1)C4)(C3)C2. The first-order valence-corrected chi connectivity index (χ1v) is 16.3. The summed E-state index contributed by atoms with van der Waals surface area (Å²) in [4.78, 5) is 40.8. The van der Waals surface area contributed by atoms with Crippen molar-refractivity contribution in [2.45, 2.75) is 127 Å². The summed E-state index contributed by atoms with van der Waals surface area (Å²) in [6, 6.07) is 0. The number of amides is 2. The van der Waals surface area contributed by atoms with Crippen LogP contribution in [0.15, 0.2) is 0 Å². The Labute approximate surface area is 227 Å². The predicted octanol–water partition coefficient (Wildman–Crippen LogP) is 5.61. The lowest BCUT2D eigenvalue weighted by molar-refractivity contribution is -0.219. The smallest absolute Gasteiger partial charge is 0.249 e. The fourth-order valence-electron chi connectivity index (χ4n) is 13.6. The van der Waals surface area contributed by atoms with Gasteiger partial charge in [-0.3, -0.25) is 19.3 Å². The van der Waals surface area contributed by atoms with Crippen LogP contribution in [0.3, 0.4) is 0 Å². The van der Waals surface area contributed by atoms with Gasteiger partial charge in [0.25, 0.3) is 0 Å². The molecule has 12 aliphatic carbocycles. The van der Waals surface area contributed by atoms with Gasteiger partial charge in [-0.25, -0.2) is 11.0 Å². The minimum atomic E-state index is -0.454. The number of rotatable bonds is 6. The summed E-state index contributed by atoms with van der Waals surface area (Å²) in [6.45, 7) is 0. The van der Waals surface area contributed by atoms with E-state index in [1.165, 1.54) is 44.9 Å². The molecule has 38 heavy (non-hydrogen) atoms. The van der Waals surface area contributed by atoms with E-state index in [0.717, 1.165) is 99.7 Å². The molecule has 2 amide bonds. The zero-order valence-electron chi connectivity index (χ0n) is 23.0. The minimum absolute atomic E-state index is 0.0709. The molecule has 208 valence electrons. The van der Waals surface area contributed by atoms with Crippen molar-refractivity contribution >= 4 is 11.8 Å². The highest BCUT2D eigenvalue weighted by atomic mass is 16.7. The summed E-state index contributed by atoms with van der Waals surface area (Å²) in [7, 11) is 0. The van der Waals surface area contributed by atoms with E-state index in [0.29, 0.717) is 18.3 Å². The number of nitrogens with one attached hydrogen (secondary N) is 2. The Kier molecular flexibility index (Phi) is 4.82. The number of carbonyl (C=O) groups is 2. The molecule has 0 aromatic rings. The van der Waals surface area contributed by atoms with E-state index in [2.05, 4.69) is 11.0 Å². The molecule has 12 rings (SSSR count). The maximum atomic E-state index is 13.9. The van der Waals surface area contributed by atoms with Crippen molar-refractivity contribution in [2.75, 3.05) is 0 Å². The van der Waals surface area contributed by atoms with Crippen molar-refractivity contribution in [1.82, 2.24) is 11.0 Å². The van der Waals surface area contributed by atoms with Crippen LogP contribution in [0.1, 0.15) is 116 Å². The third-order valence-corrected chi connectivity index (χ3v) is 13.7. The monoisotopic (exact) mass is 522 g/mol. The van der Waals surface area contributed by atoms with Gasteiger partial charge in [0.2, 0.25) is 11.8 Å². The van der Waals surface area contributed by atoms with Crippen molar-refractivity contribution in [3.63, 3.8) is 0 Å². The van der Waals surface area contributed by atoms with E-state index in [-0.39, 0.29) is 23.0 Å². The summed E-state index contributed by atoms with van der Waals surface area (Å²) in [6.07, 6.45) is 20.4. The third-order valence-electron chi connectivity index (χ3n) is 13.7. The number of hydrogen-bond donors (Lipinski definition) is 2. The molecule has 0 heterocycles. The average molecular weight is 523 g/mol. The highest BCUT2D eigenvalue weighted by Crippen LogP contribution is 2.66. The van der Waals surface area contributed by atoms with E-state index < -0.39 is 10.8 Å². The molecule has 0 aliphatic heterocycles. The number of hydrogen-bond acceptors (Lipinski definition) is 4. The number of hydroxylamine groups is 2. The predicted molar refractivity (Wildman–Crippen MR) is 140 cm³/mol. The fourth-order valence-corrected chi connectivity index (χ4v) is 13.6. The summed E-state index contributed by atoms with van der Waals surface area (Å²) in [5, 5.41) is 0. The van der Waals surface area contributed by atoms with Gasteiger partial charge in [-0.1, -0.05) is 0 Å². The van der Waals surface area contributed by atoms with E-state index in [1.807, 2.05) is 0 Å². The molecule has 12 aliphatic rings. The van der Waals surface area contributed by atoms with Gasteiger partial charge in [-0.2, -0.15) is 0 Å². The Hall–Kier alpha value is -1.14. The van der Waals surface area contributed by atoms with Gasteiger partial charge in [-0.15, -0.1) is 0 Å². The molecule has 0 aromatic carbocycles. The molecule has 12 fully saturated rings. The second-order valence-electron chi connectivity index (χ2n) is 16.8. The van der Waals surface area contributed by atoms with Crippen LogP contribution in [0.25, 0.3) is 0 Å². The molecular weight excluding hydrogens is 476 g/mol. The van der Waals surface area contributed by atoms with E-state index in [1.54, 1.807) is 0 Å². The van der Waals surface area contributed by atoms with E-state index in [4.69, 9.17) is 9.68 Å². The van der Waals surface area contributed by atoms with Gasteiger partial charge in [-0.05, 0) is 163 Å². The Bertz CT molecular complexity index is 889. The van der Waals surface area contributed by atoms with Crippen LogP contribution in [0.4, 0.5) is 0 Å². The molecule has 12 bridgehead atoms. The normalized spacial score (nSPS) is 56.4.